The summed E-state index contributed by atoms with van der Waals surface area (Å²) in [6, 6.07) is 12.9. The van der Waals surface area contributed by atoms with E-state index in [-0.39, 0.29) is 47.5 Å². The Morgan fingerprint density at radius 2 is 1.71 bits per heavy atom. The SMILES string of the molecule is C[C@H]1CN([C@@H](C)CO)C(=O)c2cccc(NS(=O)(=O)c3ccc(F)cc3)c2O[C@H]1CN(C)C(=O)Nc1ccc(F)cc1. The van der Waals surface area contributed by atoms with E-state index < -0.39 is 45.7 Å². The Kier molecular flexibility index (Phi) is 9.32. The van der Waals surface area contributed by atoms with Gasteiger partial charge in [-0.15, -0.1) is 0 Å². The van der Waals surface area contributed by atoms with Crippen LogP contribution in [0.15, 0.2) is 71.6 Å². The predicted molar refractivity (Wildman–Crippen MR) is 153 cm³/mol. The number of carbonyl (C=O) groups excluding carboxylic acids is 2. The van der Waals surface area contributed by atoms with Gasteiger partial charge in [-0.3, -0.25) is 9.52 Å². The third-order valence-corrected chi connectivity index (χ3v) is 8.34. The lowest BCUT2D eigenvalue weighted by molar-refractivity contribution is 0.0373. The van der Waals surface area contributed by atoms with E-state index in [1.54, 1.807) is 6.92 Å². The van der Waals surface area contributed by atoms with E-state index in [0.717, 1.165) is 24.3 Å². The minimum Gasteiger partial charge on any atom is -0.485 e. The molecule has 0 unspecified atom stereocenters. The summed E-state index contributed by atoms with van der Waals surface area (Å²) < 4.78 is 61.8. The van der Waals surface area contributed by atoms with Gasteiger partial charge < -0.3 is 25.0 Å². The fourth-order valence-electron chi connectivity index (χ4n) is 4.46. The number of rotatable bonds is 8. The van der Waals surface area contributed by atoms with Crippen molar-refractivity contribution in [1.29, 1.82) is 0 Å². The van der Waals surface area contributed by atoms with Gasteiger partial charge in [-0.1, -0.05) is 13.0 Å². The Balaban J connectivity index is 1.68. The number of hydrogen-bond donors (Lipinski definition) is 3. The summed E-state index contributed by atoms with van der Waals surface area (Å²) in [7, 11) is -2.67. The van der Waals surface area contributed by atoms with Crippen LogP contribution in [0.1, 0.15) is 24.2 Å². The van der Waals surface area contributed by atoms with Crippen LogP contribution in [0.25, 0.3) is 0 Å². The van der Waals surface area contributed by atoms with E-state index >= 15 is 0 Å². The highest BCUT2D eigenvalue weighted by atomic mass is 32.2. The molecule has 42 heavy (non-hydrogen) atoms. The van der Waals surface area contributed by atoms with Gasteiger partial charge in [-0.2, -0.15) is 0 Å². The van der Waals surface area contributed by atoms with Gasteiger partial charge in [0.25, 0.3) is 15.9 Å². The highest BCUT2D eigenvalue weighted by Gasteiger charge is 2.35. The second kappa shape index (κ2) is 12.7. The first-order valence-electron chi connectivity index (χ1n) is 13.2. The monoisotopic (exact) mass is 602 g/mol. The minimum atomic E-state index is -4.20. The molecule has 0 aromatic heterocycles. The maximum absolute atomic E-state index is 13.6. The number of nitrogens with zero attached hydrogens (tertiary/aromatic N) is 2. The maximum atomic E-state index is 13.6. The van der Waals surface area contributed by atoms with Crippen LogP contribution in [0, 0.1) is 17.6 Å². The Labute approximate surface area is 242 Å². The molecule has 0 saturated carbocycles. The highest BCUT2D eigenvalue weighted by molar-refractivity contribution is 7.92. The van der Waals surface area contributed by atoms with Gasteiger partial charge in [-0.05, 0) is 67.6 Å². The summed E-state index contributed by atoms with van der Waals surface area (Å²) in [5.74, 6) is -1.94. The van der Waals surface area contributed by atoms with Crippen molar-refractivity contribution < 1.29 is 36.6 Å². The van der Waals surface area contributed by atoms with Crippen LogP contribution in [-0.4, -0.2) is 74.2 Å². The van der Waals surface area contributed by atoms with Crippen molar-refractivity contribution in [3.05, 3.63) is 83.9 Å². The zero-order valence-corrected chi connectivity index (χ0v) is 24.1. The van der Waals surface area contributed by atoms with E-state index in [9.17, 15) is 31.9 Å². The third-order valence-electron chi connectivity index (χ3n) is 6.96. The van der Waals surface area contributed by atoms with Crippen LogP contribution < -0.4 is 14.8 Å². The number of benzene rings is 3. The Hall–Kier alpha value is -4.23. The molecule has 1 aliphatic heterocycles. The Morgan fingerprint density at radius 3 is 2.33 bits per heavy atom. The zero-order valence-electron chi connectivity index (χ0n) is 23.3. The Bertz CT molecular complexity index is 1540. The van der Waals surface area contributed by atoms with E-state index in [1.807, 2.05) is 6.92 Å². The van der Waals surface area contributed by atoms with Crippen molar-refractivity contribution in [2.45, 2.75) is 30.9 Å². The summed E-state index contributed by atoms with van der Waals surface area (Å²) in [6.07, 6.45) is -0.731. The molecule has 3 N–H and O–H groups in total. The molecular formula is C29H32F2N4O6S. The normalized spacial score (nSPS) is 17.8. The molecule has 0 fully saturated rings. The maximum Gasteiger partial charge on any atom is 0.321 e. The van der Waals surface area contributed by atoms with Gasteiger partial charge in [0, 0.05) is 25.2 Å². The van der Waals surface area contributed by atoms with Gasteiger partial charge in [-0.25, -0.2) is 22.0 Å². The summed E-state index contributed by atoms with van der Waals surface area (Å²) in [5.41, 5.74) is 0.417. The fraction of sp³-hybridized carbons (Fsp3) is 0.310. The third kappa shape index (κ3) is 6.97. The molecule has 224 valence electrons. The van der Waals surface area contributed by atoms with Crippen molar-refractivity contribution in [2.24, 2.45) is 5.92 Å². The molecule has 0 spiro atoms. The van der Waals surface area contributed by atoms with Crippen molar-refractivity contribution in [1.82, 2.24) is 9.80 Å². The van der Waals surface area contributed by atoms with E-state index in [0.29, 0.717) is 5.69 Å². The first-order chi connectivity index (χ1) is 19.9. The van der Waals surface area contributed by atoms with Crippen LogP contribution in [0.2, 0.25) is 0 Å². The van der Waals surface area contributed by atoms with Crippen LogP contribution in [0.3, 0.4) is 0 Å². The van der Waals surface area contributed by atoms with Crippen LogP contribution in [0.5, 0.6) is 5.75 Å². The van der Waals surface area contributed by atoms with Crippen molar-refractivity contribution in [3.8, 4) is 5.75 Å². The molecule has 10 nitrogen and oxygen atoms in total. The summed E-state index contributed by atoms with van der Waals surface area (Å²) in [4.78, 5) is 29.2. The molecule has 0 bridgehead atoms. The summed E-state index contributed by atoms with van der Waals surface area (Å²) >= 11 is 0. The number of carbonyl (C=O) groups is 2. The number of nitrogens with one attached hydrogen (secondary N) is 2. The largest absolute Gasteiger partial charge is 0.485 e. The van der Waals surface area contributed by atoms with E-state index in [2.05, 4.69) is 10.0 Å². The quantitative estimate of drug-likeness (QED) is 0.356. The topological polar surface area (TPSA) is 128 Å². The average Bonchev–Trinajstić information content (AvgIpc) is 2.96. The molecule has 3 amide bonds. The van der Waals surface area contributed by atoms with Crippen molar-refractivity contribution >= 4 is 33.3 Å². The van der Waals surface area contributed by atoms with Gasteiger partial charge in [0.2, 0.25) is 0 Å². The molecule has 0 aliphatic carbocycles. The smallest absolute Gasteiger partial charge is 0.321 e. The minimum absolute atomic E-state index is 0.0284. The number of amides is 3. The molecule has 3 aromatic rings. The fourth-order valence-corrected chi connectivity index (χ4v) is 5.53. The standard InChI is InChI=1S/C29H32F2N4O6S/c1-18-15-35(19(2)17-36)28(37)24-5-4-6-25(33-42(39,40)23-13-9-21(31)10-14-23)27(24)41-26(18)16-34(3)29(38)32-22-11-7-20(30)8-12-22/h4-14,18-19,26,33,36H,15-17H2,1-3H3,(H,32,38)/t18-,19-,26-/m0/s1. The molecule has 0 radical (unpaired) electrons. The number of aliphatic hydroxyl groups is 1. The van der Waals surface area contributed by atoms with Crippen molar-refractivity contribution in [2.75, 3.05) is 36.8 Å². The van der Waals surface area contributed by atoms with Gasteiger partial charge in [0.1, 0.15) is 17.7 Å². The second-order valence-electron chi connectivity index (χ2n) is 10.2. The molecular weight excluding hydrogens is 570 g/mol. The zero-order chi connectivity index (χ0) is 30.6. The number of anilines is 2. The highest BCUT2D eigenvalue weighted by Crippen LogP contribution is 2.36. The lowest BCUT2D eigenvalue weighted by Crippen LogP contribution is -2.50. The molecule has 3 atom stereocenters. The average molecular weight is 603 g/mol. The van der Waals surface area contributed by atoms with Crippen LogP contribution in [-0.2, 0) is 10.0 Å². The number of fused-ring (bicyclic) bond motifs is 1. The Morgan fingerprint density at radius 1 is 1.10 bits per heavy atom. The number of urea groups is 1. The van der Waals surface area contributed by atoms with Gasteiger partial charge in [0.15, 0.2) is 5.75 Å². The number of halogens is 2. The molecule has 1 heterocycles. The first kappa shape index (κ1) is 30.7. The van der Waals surface area contributed by atoms with Gasteiger partial charge >= 0.3 is 6.03 Å². The van der Waals surface area contributed by atoms with Crippen LogP contribution in [0.4, 0.5) is 25.0 Å². The lowest BCUT2D eigenvalue weighted by atomic mass is 9.99. The van der Waals surface area contributed by atoms with Gasteiger partial charge in [0.05, 0.1) is 35.3 Å². The van der Waals surface area contributed by atoms with Crippen molar-refractivity contribution in [3.63, 3.8) is 0 Å². The predicted octanol–water partition coefficient (Wildman–Crippen LogP) is 4.15. The number of sulfonamides is 1. The number of likely N-dealkylation sites (N-methyl/N-ethyl adjacent to an activating group) is 1. The summed E-state index contributed by atoms with van der Waals surface area (Å²) in [6.45, 7) is 3.41. The number of aliphatic hydroxyl groups excluding tert-OH is 1. The molecule has 3 aromatic carbocycles. The number of ether oxygens (including phenoxy) is 1. The lowest BCUT2D eigenvalue weighted by Gasteiger charge is -2.38. The second-order valence-corrected chi connectivity index (χ2v) is 11.9. The molecule has 0 saturated heterocycles. The van der Waals surface area contributed by atoms with Crippen LogP contribution >= 0.6 is 0 Å². The molecule has 4 rings (SSSR count). The van der Waals surface area contributed by atoms with E-state index in [1.165, 1.54) is 59.3 Å². The first-order valence-corrected chi connectivity index (χ1v) is 14.7. The number of para-hydroxylation sites is 1. The number of hydrogen-bond acceptors (Lipinski definition) is 6. The van der Waals surface area contributed by atoms with E-state index in [4.69, 9.17) is 4.74 Å². The summed E-state index contributed by atoms with van der Waals surface area (Å²) in [5, 5.41) is 12.5. The molecule has 1 aliphatic rings. The molecule has 13 heteroatoms.